The van der Waals surface area contributed by atoms with Gasteiger partial charge in [0.25, 0.3) is 0 Å². The standard InChI is InChI=1S/C5H7F3O2/c1-2-10-4(9)3-5(6,7)8/h2-3H2,1H3. The molecule has 0 amide bonds. The predicted octanol–water partition coefficient (Wildman–Crippen LogP) is 1.50. The van der Waals surface area contributed by atoms with E-state index in [-0.39, 0.29) is 6.61 Å². The Balaban J connectivity index is 3.58. The van der Waals surface area contributed by atoms with Crippen molar-refractivity contribution in [1.29, 1.82) is 0 Å². The monoisotopic (exact) mass is 156 g/mol. The second-order valence-corrected chi connectivity index (χ2v) is 1.60. The number of hydrogen-bond acceptors (Lipinski definition) is 2. The number of carbonyl (C=O) groups is 1. The minimum Gasteiger partial charge on any atom is -0.466 e. The van der Waals surface area contributed by atoms with Crippen LogP contribution in [0.5, 0.6) is 0 Å². The van der Waals surface area contributed by atoms with Crippen molar-refractivity contribution in [2.75, 3.05) is 6.61 Å². The molecule has 0 aliphatic heterocycles. The van der Waals surface area contributed by atoms with E-state index >= 15 is 0 Å². The molecule has 0 aromatic carbocycles. The van der Waals surface area contributed by atoms with E-state index in [2.05, 4.69) is 4.74 Å². The van der Waals surface area contributed by atoms with Crippen LogP contribution in [0.25, 0.3) is 0 Å². The topological polar surface area (TPSA) is 26.3 Å². The number of rotatable bonds is 2. The largest absolute Gasteiger partial charge is 0.466 e. The zero-order chi connectivity index (χ0) is 8.20. The Morgan fingerprint density at radius 2 is 2.00 bits per heavy atom. The first kappa shape index (κ1) is 9.26. The summed E-state index contributed by atoms with van der Waals surface area (Å²) in [4.78, 5) is 10.1. The molecule has 0 aliphatic carbocycles. The highest BCUT2D eigenvalue weighted by molar-refractivity contribution is 5.70. The van der Waals surface area contributed by atoms with Gasteiger partial charge in [-0.25, -0.2) is 0 Å². The number of hydrogen-bond donors (Lipinski definition) is 0. The molecule has 0 aromatic rings. The lowest BCUT2D eigenvalue weighted by Gasteiger charge is -2.04. The van der Waals surface area contributed by atoms with Gasteiger partial charge in [-0.2, -0.15) is 13.2 Å². The molecule has 0 aliphatic rings. The molecule has 0 N–H and O–H groups in total. The molecule has 0 bridgehead atoms. The lowest BCUT2D eigenvalue weighted by atomic mass is 10.4. The first-order valence-corrected chi connectivity index (χ1v) is 2.68. The lowest BCUT2D eigenvalue weighted by molar-refractivity contribution is -0.170. The maximum atomic E-state index is 11.3. The van der Waals surface area contributed by atoms with Crippen LogP contribution in [0, 0.1) is 0 Å². The molecule has 10 heavy (non-hydrogen) atoms. The first-order valence-electron chi connectivity index (χ1n) is 2.68. The number of alkyl halides is 3. The molecule has 0 fully saturated rings. The molecule has 0 unspecified atom stereocenters. The highest BCUT2D eigenvalue weighted by Crippen LogP contribution is 2.19. The van der Waals surface area contributed by atoms with E-state index in [1.54, 1.807) is 0 Å². The summed E-state index contributed by atoms with van der Waals surface area (Å²) in [6.45, 7) is 1.43. The zero-order valence-corrected chi connectivity index (χ0v) is 5.36. The van der Waals surface area contributed by atoms with Crippen molar-refractivity contribution >= 4 is 5.97 Å². The predicted molar refractivity (Wildman–Crippen MR) is 27.3 cm³/mol. The first-order chi connectivity index (χ1) is 4.45. The second kappa shape index (κ2) is 3.43. The Kier molecular flexibility index (Phi) is 3.18. The van der Waals surface area contributed by atoms with Crippen LogP contribution in [0.3, 0.4) is 0 Å². The Morgan fingerprint density at radius 3 is 2.30 bits per heavy atom. The molecule has 0 radical (unpaired) electrons. The summed E-state index contributed by atoms with van der Waals surface area (Å²) in [5.41, 5.74) is 0. The maximum absolute atomic E-state index is 11.3. The van der Waals surface area contributed by atoms with E-state index in [4.69, 9.17) is 0 Å². The number of halogens is 3. The van der Waals surface area contributed by atoms with Gasteiger partial charge in [0.15, 0.2) is 0 Å². The van der Waals surface area contributed by atoms with E-state index in [0.717, 1.165) is 0 Å². The lowest BCUT2D eigenvalue weighted by Crippen LogP contribution is -2.16. The number of carbonyl (C=O) groups excluding carboxylic acids is 1. The average Bonchev–Trinajstić information content (AvgIpc) is 1.59. The van der Waals surface area contributed by atoms with Gasteiger partial charge in [0, 0.05) is 0 Å². The number of ether oxygens (including phenoxy) is 1. The fraction of sp³-hybridized carbons (Fsp3) is 0.800. The van der Waals surface area contributed by atoms with E-state index in [1.165, 1.54) is 6.92 Å². The van der Waals surface area contributed by atoms with Crippen molar-refractivity contribution < 1.29 is 22.7 Å². The van der Waals surface area contributed by atoms with E-state index in [1.807, 2.05) is 0 Å². The summed E-state index contributed by atoms with van der Waals surface area (Å²) >= 11 is 0. The van der Waals surface area contributed by atoms with Crippen molar-refractivity contribution in [1.82, 2.24) is 0 Å². The van der Waals surface area contributed by atoms with Gasteiger partial charge >= 0.3 is 12.1 Å². The van der Waals surface area contributed by atoms with Crippen molar-refractivity contribution in [2.24, 2.45) is 0 Å². The second-order valence-electron chi connectivity index (χ2n) is 1.60. The van der Waals surface area contributed by atoms with Gasteiger partial charge in [-0.1, -0.05) is 0 Å². The third-order valence-electron chi connectivity index (χ3n) is 0.650. The SMILES string of the molecule is CCOC(=O)CC(F)(F)F. The van der Waals surface area contributed by atoms with Crippen LogP contribution < -0.4 is 0 Å². The Bertz CT molecular complexity index is 119. The molecule has 5 heteroatoms. The van der Waals surface area contributed by atoms with Crippen molar-refractivity contribution in [2.45, 2.75) is 19.5 Å². The van der Waals surface area contributed by atoms with Gasteiger partial charge in [0.05, 0.1) is 6.61 Å². The van der Waals surface area contributed by atoms with Crippen LogP contribution in [0.2, 0.25) is 0 Å². The van der Waals surface area contributed by atoms with E-state index in [0.29, 0.717) is 0 Å². The molecule has 0 spiro atoms. The quantitative estimate of drug-likeness (QED) is 0.566. The van der Waals surface area contributed by atoms with E-state index < -0.39 is 18.6 Å². The van der Waals surface area contributed by atoms with Crippen LogP contribution in [-0.4, -0.2) is 18.8 Å². The highest BCUT2D eigenvalue weighted by atomic mass is 19.4. The molecule has 2 nitrogen and oxygen atoms in total. The van der Waals surface area contributed by atoms with E-state index in [9.17, 15) is 18.0 Å². The maximum Gasteiger partial charge on any atom is 0.399 e. The Morgan fingerprint density at radius 1 is 1.50 bits per heavy atom. The normalized spacial score (nSPS) is 11.2. The van der Waals surface area contributed by atoms with Crippen LogP contribution in [0.1, 0.15) is 13.3 Å². The fourth-order valence-electron chi connectivity index (χ4n) is 0.376. The molecule has 0 saturated carbocycles. The van der Waals surface area contributed by atoms with Crippen LogP contribution >= 0.6 is 0 Å². The van der Waals surface area contributed by atoms with Gasteiger partial charge in [0.2, 0.25) is 0 Å². The number of esters is 1. The van der Waals surface area contributed by atoms with Crippen molar-refractivity contribution in [3.05, 3.63) is 0 Å². The third-order valence-corrected chi connectivity index (χ3v) is 0.650. The molecule has 0 heterocycles. The van der Waals surface area contributed by atoms with Crippen molar-refractivity contribution in [3.8, 4) is 0 Å². The van der Waals surface area contributed by atoms with Crippen molar-refractivity contribution in [3.63, 3.8) is 0 Å². The summed E-state index contributed by atoms with van der Waals surface area (Å²) in [5.74, 6) is -1.23. The minimum atomic E-state index is -4.45. The van der Waals surface area contributed by atoms with Gasteiger partial charge < -0.3 is 4.74 Å². The van der Waals surface area contributed by atoms with Gasteiger partial charge in [0.1, 0.15) is 6.42 Å². The summed E-state index contributed by atoms with van der Waals surface area (Å²) in [5, 5.41) is 0. The third kappa shape index (κ3) is 5.40. The molecule has 0 rings (SSSR count). The summed E-state index contributed by atoms with van der Waals surface area (Å²) < 4.78 is 38.0. The zero-order valence-electron chi connectivity index (χ0n) is 5.36. The van der Waals surface area contributed by atoms with Crippen LogP contribution in [0.15, 0.2) is 0 Å². The van der Waals surface area contributed by atoms with Gasteiger partial charge in [-0.05, 0) is 6.92 Å². The fourth-order valence-corrected chi connectivity index (χ4v) is 0.376. The summed E-state index contributed by atoms with van der Waals surface area (Å²) in [7, 11) is 0. The Hall–Kier alpha value is -0.740. The minimum absolute atomic E-state index is 0.0189. The average molecular weight is 156 g/mol. The summed E-state index contributed by atoms with van der Waals surface area (Å²) in [6.07, 6.45) is -5.95. The molecule has 0 aromatic heterocycles. The molecular formula is C5H7F3O2. The highest BCUT2D eigenvalue weighted by Gasteiger charge is 2.31. The smallest absolute Gasteiger partial charge is 0.399 e. The Labute approximate surface area is 56.0 Å². The van der Waals surface area contributed by atoms with Crippen LogP contribution in [0.4, 0.5) is 13.2 Å². The molecule has 0 saturated heterocycles. The summed E-state index contributed by atoms with van der Waals surface area (Å²) in [6, 6.07) is 0. The molecular weight excluding hydrogens is 149 g/mol. The van der Waals surface area contributed by atoms with Crippen LogP contribution in [-0.2, 0) is 9.53 Å². The molecule has 60 valence electrons. The van der Waals surface area contributed by atoms with Gasteiger partial charge in [-0.3, -0.25) is 4.79 Å². The molecule has 0 atom stereocenters. The van der Waals surface area contributed by atoms with Gasteiger partial charge in [-0.15, -0.1) is 0 Å².